The van der Waals surface area contributed by atoms with Crippen molar-refractivity contribution in [3.05, 3.63) is 0 Å². The number of hydrogen-bond acceptors (Lipinski definition) is 3. The summed E-state index contributed by atoms with van der Waals surface area (Å²) in [4.78, 5) is 24.5. The van der Waals surface area contributed by atoms with Crippen molar-refractivity contribution in [2.45, 2.75) is 33.3 Å². The fourth-order valence-corrected chi connectivity index (χ4v) is 1.97. The Labute approximate surface area is 102 Å². The molecule has 0 radical (unpaired) electrons. The van der Waals surface area contributed by atoms with E-state index in [1.165, 1.54) is 0 Å². The fraction of sp³-hybridized carbons (Fsp3) is 0.833. The topological polar surface area (TPSA) is 66.8 Å². The number of carboxylic acid groups (broad SMARTS) is 1. The minimum Gasteiger partial charge on any atom is -0.481 e. The SMILES string of the molecule is CCN(CC(C)C(=O)O)C(=O)C1OCCC1C. The Morgan fingerprint density at radius 1 is 1.53 bits per heavy atom. The highest BCUT2D eigenvalue weighted by Gasteiger charge is 2.34. The second kappa shape index (κ2) is 6.00. The molecule has 0 bridgehead atoms. The summed E-state index contributed by atoms with van der Waals surface area (Å²) in [6.45, 7) is 6.83. The van der Waals surface area contributed by atoms with Crippen LogP contribution in [-0.4, -0.2) is 47.7 Å². The predicted molar refractivity (Wildman–Crippen MR) is 62.6 cm³/mol. The number of hydrogen-bond donors (Lipinski definition) is 1. The van der Waals surface area contributed by atoms with Gasteiger partial charge in [0.2, 0.25) is 0 Å². The molecule has 98 valence electrons. The Bertz CT molecular complexity index is 292. The molecule has 0 aliphatic carbocycles. The molecule has 0 aromatic carbocycles. The zero-order valence-corrected chi connectivity index (χ0v) is 10.7. The summed E-state index contributed by atoms with van der Waals surface area (Å²) in [6, 6.07) is 0. The normalized spacial score (nSPS) is 25.6. The molecule has 5 heteroatoms. The van der Waals surface area contributed by atoms with Gasteiger partial charge >= 0.3 is 5.97 Å². The summed E-state index contributed by atoms with van der Waals surface area (Å²) >= 11 is 0. The van der Waals surface area contributed by atoms with Gasteiger partial charge in [0.15, 0.2) is 0 Å². The first kappa shape index (κ1) is 14.0. The van der Waals surface area contributed by atoms with Gasteiger partial charge in [-0.25, -0.2) is 0 Å². The number of carbonyl (C=O) groups excluding carboxylic acids is 1. The highest BCUT2D eigenvalue weighted by molar-refractivity contribution is 5.82. The lowest BCUT2D eigenvalue weighted by Gasteiger charge is -2.26. The van der Waals surface area contributed by atoms with Crippen LogP contribution in [0.25, 0.3) is 0 Å². The number of likely N-dealkylation sites (N-methyl/N-ethyl adjacent to an activating group) is 1. The van der Waals surface area contributed by atoms with Crippen molar-refractivity contribution in [2.75, 3.05) is 19.7 Å². The van der Waals surface area contributed by atoms with Crippen LogP contribution in [0.3, 0.4) is 0 Å². The molecule has 0 aromatic heterocycles. The number of rotatable bonds is 5. The molecule has 1 rings (SSSR count). The smallest absolute Gasteiger partial charge is 0.308 e. The molecule has 0 aromatic rings. The number of aliphatic carboxylic acids is 1. The highest BCUT2D eigenvalue weighted by atomic mass is 16.5. The second-order valence-electron chi connectivity index (χ2n) is 4.67. The van der Waals surface area contributed by atoms with E-state index >= 15 is 0 Å². The van der Waals surface area contributed by atoms with E-state index in [1.54, 1.807) is 11.8 Å². The van der Waals surface area contributed by atoms with Crippen molar-refractivity contribution in [3.63, 3.8) is 0 Å². The molecule has 0 spiro atoms. The van der Waals surface area contributed by atoms with Crippen molar-refractivity contribution in [1.82, 2.24) is 4.90 Å². The maximum atomic E-state index is 12.2. The van der Waals surface area contributed by atoms with Crippen LogP contribution in [0.15, 0.2) is 0 Å². The van der Waals surface area contributed by atoms with Crippen LogP contribution < -0.4 is 0 Å². The van der Waals surface area contributed by atoms with E-state index in [0.717, 1.165) is 6.42 Å². The zero-order valence-electron chi connectivity index (χ0n) is 10.7. The van der Waals surface area contributed by atoms with E-state index < -0.39 is 18.0 Å². The third kappa shape index (κ3) is 3.43. The van der Waals surface area contributed by atoms with Crippen LogP contribution in [0.4, 0.5) is 0 Å². The van der Waals surface area contributed by atoms with Crippen LogP contribution in [0.2, 0.25) is 0 Å². The number of nitrogens with zero attached hydrogens (tertiary/aromatic N) is 1. The van der Waals surface area contributed by atoms with Crippen molar-refractivity contribution >= 4 is 11.9 Å². The molecule has 5 nitrogen and oxygen atoms in total. The Kier molecular flexibility index (Phi) is 4.93. The summed E-state index contributed by atoms with van der Waals surface area (Å²) in [7, 11) is 0. The van der Waals surface area contributed by atoms with E-state index in [9.17, 15) is 9.59 Å². The third-order valence-electron chi connectivity index (χ3n) is 3.24. The number of amides is 1. The average molecular weight is 243 g/mol. The maximum Gasteiger partial charge on any atom is 0.308 e. The fourth-order valence-electron chi connectivity index (χ4n) is 1.97. The molecular weight excluding hydrogens is 222 g/mol. The van der Waals surface area contributed by atoms with Gasteiger partial charge in [0, 0.05) is 19.7 Å². The molecule has 0 saturated carbocycles. The van der Waals surface area contributed by atoms with E-state index in [4.69, 9.17) is 9.84 Å². The second-order valence-corrected chi connectivity index (χ2v) is 4.67. The molecule has 1 fully saturated rings. The predicted octanol–water partition coefficient (Wildman–Crippen LogP) is 0.981. The lowest BCUT2D eigenvalue weighted by atomic mass is 10.0. The van der Waals surface area contributed by atoms with Gasteiger partial charge in [0.25, 0.3) is 5.91 Å². The van der Waals surface area contributed by atoms with Crippen molar-refractivity contribution < 1.29 is 19.4 Å². The van der Waals surface area contributed by atoms with Gasteiger partial charge < -0.3 is 14.7 Å². The summed E-state index contributed by atoms with van der Waals surface area (Å²) in [6.07, 6.45) is 0.499. The Morgan fingerprint density at radius 2 is 2.18 bits per heavy atom. The highest BCUT2D eigenvalue weighted by Crippen LogP contribution is 2.22. The van der Waals surface area contributed by atoms with Crippen LogP contribution in [-0.2, 0) is 14.3 Å². The number of ether oxygens (including phenoxy) is 1. The van der Waals surface area contributed by atoms with E-state index in [0.29, 0.717) is 13.2 Å². The lowest BCUT2D eigenvalue weighted by Crippen LogP contribution is -2.44. The van der Waals surface area contributed by atoms with Gasteiger partial charge in [-0.05, 0) is 19.3 Å². The standard InChI is InChI=1S/C12H21NO4/c1-4-13(7-9(3)12(15)16)11(14)10-8(2)5-6-17-10/h8-10H,4-7H2,1-3H3,(H,15,16). The molecule has 1 aliphatic rings. The molecule has 3 atom stereocenters. The van der Waals surface area contributed by atoms with E-state index in [1.807, 2.05) is 13.8 Å². The van der Waals surface area contributed by atoms with Gasteiger partial charge in [0.1, 0.15) is 6.10 Å². The van der Waals surface area contributed by atoms with E-state index in [-0.39, 0.29) is 18.4 Å². The molecule has 1 amide bonds. The Balaban J connectivity index is 2.60. The number of carbonyl (C=O) groups is 2. The van der Waals surface area contributed by atoms with Gasteiger partial charge in [-0.2, -0.15) is 0 Å². The van der Waals surface area contributed by atoms with Crippen molar-refractivity contribution in [3.8, 4) is 0 Å². The van der Waals surface area contributed by atoms with Crippen LogP contribution in [0.5, 0.6) is 0 Å². The summed E-state index contributed by atoms with van der Waals surface area (Å²) in [5.74, 6) is -1.28. The largest absolute Gasteiger partial charge is 0.481 e. The molecular formula is C12H21NO4. The maximum absolute atomic E-state index is 12.2. The molecule has 1 aliphatic heterocycles. The summed E-state index contributed by atoms with van der Waals surface area (Å²) in [5.41, 5.74) is 0. The zero-order chi connectivity index (χ0) is 13.0. The summed E-state index contributed by atoms with van der Waals surface area (Å²) < 4.78 is 5.41. The first-order valence-electron chi connectivity index (χ1n) is 6.10. The average Bonchev–Trinajstić information content (AvgIpc) is 2.70. The van der Waals surface area contributed by atoms with Crippen molar-refractivity contribution in [1.29, 1.82) is 0 Å². The lowest BCUT2D eigenvalue weighted by molar-refractivity contribution is -0.146. The van der Waals surface area contributed by atoms with Gasteiger partial charge in [0.05, 0.1) is 5.92 Å². The monoisotopic (exact) mass is 243 g/mol. The molecule has 1 heterocycles. The molecule has 1 saturated heterocycles. The van der Waals surface area contributed by atoms with Crippen molar-refractivity contribution in [2.24, 2.45) is 11.8 Å². The molecule has 3 unspecified atom stereocenters. The van der Waals surface area contributed by atoms with Crippen LogP contribution >= 0.6 is 0 Å². The van der Waals surface area contributed by atoms with Crippen LogP contribution in [0.1, 0.15) is 27.2 Å². The quantitative estimate of drug-likeness (QED) is 0.781. The number of carboxylic acids is 1. The van der Waals surface area contributed by atoms with E-state index in [2.05, 4.69) is 0 Å². The molecule has 17 heavy (non-hydrogen) atoms. The molecule has 1 N–H and O–H groups in total. The van der Waals surface area contributed by atoms with Gasteiger partial charge in [-0.1, -0.05) is 13.8 Å². The Hall–Kier alpha value is -1.10. The first-order chi connectivity index (χ1) is 7.97. The Morgan fingerprint density at radius 3 is 2.59 bits per heavy atom. The third-order valence-corrected chi connectivity index (χ3v) is 3.24. The first-order valence-corrected chi connectivity index (χ1v) is 6.10. The minimum atomic E-state index is -0.878. The van der Waals surface area contributed by atoms with Gasteiger partial charge in [-0.15, -0.1) is 0 Å². The summed E-state index contributed by atoms with van der Waals surface area (Å²) in [5, 5.41) is 8.86. The van der Waals surface area contributed by atoms with Crippen LogP contribution in [0, 0.1) is 11.8 Å². The minimum absolute atomic E-state index is 0.0781. The van der Waals surface area contributed by atoms with Gasteiger partial charge in [-0.3, -0.25) is 9.59 Å².